The molecule has 9 heterocycles. The van der Waals surface area contributed by atoms with Gasteiger partial charge in [0, 0.05) is 115 Å². The fraction of sp³-hybridized carbons (Fsp3) is 0.0571. The summed E-state index contributed by atoms with van der Waals surface area (Å²) >= 11 is 0. The van der Waals surface area contributed by atoms with Gasteiger partial charge in [0.05, 0.1) is 88.6 Å². The second kappa shape index (κ2) is 24.2. The van der Waals surface area contributed by atoms with Gasteiger partial charge in [0.25, 0.3) is 0 Å². The summed E-state index contributed by atoms with van der Waals surface area (Å²) in [7, 11) is 0. The Labute approximate surface area is 664 Å². The lowest BCUT2D eigenvalue weighted by Gasteiger charge is -2.22. The van der Waals surface area contributed by atoms with E-state index in [0.717, 1.165) is 144 Å². The van der Waals surface area contributed by atoms with Gasteiger partial charge in [-0.2, -0.15) is 15.0 Å². The molecule has 544 valence electrons. The summed E-state index contributed by atoms with van der Waals surface area (Å²) in [5.41, 5.74) is 28.4. The van der Waals surface area contributed by atoms with Crippen LogP contribution in [0.3, 0.4) is 0 Å². The van der Waals surface area contributed by atoms with Crippen LogP contribution in [0.25, 0.3) is 216 Å². The molecule has 3 aliphatic carbocycles. The predicted molar refractivity (Wildman–Crippen MR) is 480 cm³/mol. The van der Waals surface area contributed by atoms with Gasteiger partial charge in [-0.25, -0.2) is 0 Å². The van der Waals surface area contributed by atoms with Crippen molar-refractivity contribution in [2.75, 3.05) is 0 Å². The Morgan fingerprint density at radius 3 is 1.15 bits per heavy atom. The Morgan fingerprint density at radius 1 is 0.233 bits per heavy atom. The maximum Gasteiger partial charge on any atom is 0.240 e. The smallest absolute Gasteiger partial charge is 0.240 e. The van der Waals surface area contributed by atoms with Gasteiger partial charge in [0.1, 0.15) is 0 Å². The van der Waals surface area contributed by atoms with Crippen LogP contribution in [0.1, 0.15) is 42.6 Å². The Bertz CT molecular complexity index is 8360. The highest BCUT2D eigenvalue weighted by Gasteiger charge is 2.36. The average molecular weight is 1480 g/mol. The molecule has 0 N–H and O–H groups in total. The molecule has 0 saturated carbocycles. The fourth-order valence-electron chi connectivity index (χ4n) is 20.8. The van der Waals surface area contributed by atoms with E-state index in [1.165, 1.54) is 109 Å². The van der Waals surface area contributed by atoms with Crippen molar-refractivity contribution in [1.82, 2.24) is 51.5 Å². The number of aryl methyl sites for hydroxylation is 2. The zero-order valence-electron chi connectivity index (χ0n) is 63.1. The average Bonchev–Trinajstić information content (AvgIpc) is 1.53. The van der Waals surface area contributed by atoms with Crippen LogP contribution in [0.5, 0.6) is 0 Å². The Hall–Kier alpha value is -15.1. The minimum atomic E-state index is 0.536. The van der Waals surface area contributed by atoms with Gasteiger partial charge in [0.15, 0.2) is 5.82 Å². The Morgan fingerprint density at radius 2 is 0.603 bits per heavy atom. The van der Waals surface area contributed by atoms with E-state index in [4.69, 9.17) is 15.0 Å². The predicted octanol–water partition coefficient (Wildman–Crippen LogP) is 26.0. The summed E-state index contributed by atoms with van der Waals surface area (Å²) < 4.78 is 20.0. The summed E-state index contributed by atoms with van der Waals surface area (Å²) in [6.07, 6.45) is 16.9. The molecule has 11 heteroatoms. The molecule has 0 amide bonds. The topological polar surface area (TPSA) is 78.1 Å². The number of hydrogen-bond donors (Lipinski definition) is 0. The summed E-state index contributed by atoms with van der Waals surface area (Å²) in [5.74, 6) is 1.70. The van der Waals surface area contributed by atoms with Crippen molar-refractivity contribution in [3.05, 3.63) is 363 Å². The number of fused-ring (bicyclic) bond motifs is 28. The van der Waals surface area contributed by atoms with Gasteiger partial charge < -0.3 is 27.4 Å². The van der Waals surface area contributed by atoms with E-state index in [-0.39, 0.29) is 0 Å². The van der Waals surface area contributed by atoms with Gasteiger partial charge in [-0.15, -0.1) is 0 Å². The van der Waals surface area contributed by atoms with Crippen LogP contribution in [-0.4, -0.2) is 51.5 Å². The number of hydrogen-bond acceptors (Lipinski definition) is 3. The maximum atomic E-state index is 6.07. The molecule has 3 aliphatic rings. The van der Waals surface area contributed by atoms with Crippen molar-refractivity contribution in [2.24, 2.45) is 0 Å². The van der Waals surface area contributed by atoms with Crippen molar-refractivity contribution in [1.29, 1.82) is 0 Å². The first kappa shape index (κ1) is 63.6. The van der Waals surface area contributed by atoms with Crippen LogP contribution in [0.4, 0.5) is 0 Å². The van der Waals surface area contributed by atoms with Gasteiger partial charge in [-0.05, 0) is 153 Å². The molecule has 0 bridgehead atoms. The van der Waals surface area contributed by atoms with Crippen molar-refractivity contribution >= 4 is 170 Å². The molecule has 0 fully saturated rings. The number of allylic oxidation sites excluding steroid dienone is 8. The molecule has 0 radical (unpaired) electrons. The summed E-state index contributed by atoms with van der Waals surface area (Å²) in [4.78, 5) is 17.7. The number of aromatic nitrogens is 11. The molecule has 0 unspecified atom stereocenters. The van der Waals surface area contributed by atoms with Crippen LogP contribution in [0, 0.1) is 0 Å². The number of rotatable bonds is 9. The van der Waals surface area contributed by atoms with E-state index < -0.39 is 0 Å². The summed E-state index contributed by atoms with van der Waals surface area (Å²) in [5, 5.41) is 16.6. The third kappa shape index (κ3) is 8.77. The monoisotopic (exact) mass is 1480 g/mol. The quantitative estimate of drug-likeness (QED) is 0.144. The number of nitrogens with zero attached hydrogens (tertiary/aromatic N) is 11. The minimum absolute atomic E-state index is 0.536. The standard InChI is InChI=1S/C105H69N11/c1-6-29-64(30-7-1)103-106-104(115-91-51-26-18-43-73(91)79-55-59-83-81-57-53-77-71-41-16-24-49-89(71)111(66-33-10-3-11-34-66)95(77)97(81)113(99(83)101(79)115)67-35-12-4-13-36-67)108-105(107-103)116-92-52-27-19-44-74(92)80-56-60-84-82-58-54-78-72-42-17-25-50-90(72)112(96(78)98(82)114(100(84)102(80)116)68-37-14-5-15-38-68)70-40-28-39-69(61-70)110-88-48-23-21-46-76(88)86-62-93-85(63-94(86)110)75-45-20-22-47-87(75)109(93)65-31-8-2-9-32-65/h2-6,8-27,29-39,41-55,57-59,61-63H,1,7,28,40,56,60H2. The Balaban J connectivity index is 0.734. The second-order valence-electron chi connectivity index (χ2n) is 31.4. The molecular weight excluding hydrogens is 1420 g/mol. The van der Waals surface area contributed by atoms with E-state index >= 15 is 0 Å². The van der Waals surface area contributed by atoms with Crippen molar-refractivity contribution in [3.8, 4) is 46.0 Å². The third-order valence-electron chi connectivity index (χ3n) is 25.5. The maximum absolute atomic E-state index is 6.07. The summed E-state index contributed by atoms with van der Waals surface area (Å²) in [6, 6.07) is 117. The minimum Gasteiger partial charge on any atom is -0.311 e. The van der Waals surface area contributed by atoms with Crippen LogP contribution >= 0.6 is 0 Å². The molecule has 14 aromatic carbocycles. The molecular formula is C105H69N11. The molecule has 0 aliphatic heterocycles. The van der Waals surface area contributed by atoms with E-state index in [0.29, 0.717) is 17.7 Å². The van der Waals surface area contributed by atoms with E-state index in [9.17, 15) is 0 Å². The van der Waals surface area contributed by atoms with Crippen molar-refractivity contribution in [2.45, 2.75) is 38.5 Å². The van der Waals surface area contributed by atoms with Crippen LogP contribution < -0.4 is 0 Å². The van der Waals surface area contributed by atoms with E-state index in [2.05, 4.69) is 382 Å². The van der Waals surface area contributed by atoms with Gasteiger partial charge in [-0.3, -0.25) is 9.13 Å². The van der Waals surface area contributed by atoms with E-state index in [1.807, 2.05) is 0 Å². The van der Waals surface area contributed by atoms with Crippen molar-refractivity contribution in [3.63, 3.8) is 0 Å². The highest BCUT2D eigenvalue weighted by atomic mass is 15.3. The van der Waals surface area contributed by atoms with Crippen LogP contribution in [-0.2, 0) is 12.8 Å². The van der Waals surface area contributed by atoms with Gasteiger partial charge in [0.2, 0.25) is 11.9 Å². The first-order chi connectivity index (χ1) is 57.6. The lowest BCUT2D eigenvalue weighted by molar-refractivity contribution is 0.850. The third-order valence-corrected chi connectivity index (χ3v) is 25.5. The van der Waals surface area contributed by atoms with Crippen LogP contribution in [0.2, 0.25) is 0 Å². The molecule has 0 atom stereocenters. The highest BCUT2D eigenvalue weighted by Crippen LogP contribution is 2.52. The molecule has 116 heavy (non-hydrogen) atoms. The van der Waals surface area contributed by atoms with Gasteiger partial charge >= 0.3 is 0 Å². The SMILES string of the molecule is C1=CC(c2nc(-n3c4c(c5ccccc53)CCc3c-4n(-c4ccccc4)c4c3ccc3c5ccccc5n(C5=CC(n6c7ccccc7c7cc8c(cc76)c6ccccc6n8-c6ccccc6)=CCC5)c34)nc(-n3c4ccccc4c4ccc5c6ccc7c8ccccc8n(-c8ccccc8)c7c6n(-c6ccccc6)c5c43)n2)=CCC1. The largest absolute Gasteiger partial charge is 0.311 e. The summed E-state index contributed by atoms with van der Waals surface area (Å²) in [6.45, 7) is 0. The molecule has 26 rings (SSSR count). The zero-order chi connectivity index (χ0) is 75.5. The molecule has 9 aromatic heterocycles. The van der Waals surface area contributed by atoms with Crippen LogP contribution in [0.15, 0.2) is 346 Å². The molecule has 0 saturated heterocycles. The number of para-hydroxylation sites is 10. The fourth-order valence-corrected chi connectivity index (χ4v) is 20.8. The Kier molecular flexibility index (Phi) is 13.3. The normalized spacial score (nSPS) is 13.9. The highest BCUT2D eigenvalue weighted by molar-refractivity contribution is 6.30. The molecule has 23 aromatic rings. The molecule has 0 spiro atoms. The first-order valence-corrected chi connectivity index (χ1v) is 40.5. The first-order valence-electron chi connectivity index (χ1n) is 40.5. The van der Waals surface area contributed by atoms with E-state index in [1.54, 1.807) is 0 Å². The second-order valence-corrected chi connectivity index (χ2v) is 31.4. The number of benzene rings is 14. The zero-order valence-corrected chi connectivity index (χ0v) is 63.1. The lowest BCUT2D eigenvalue weighted by Crippen LogP contribution is -2.15. The van der Waals surface area contributed by atoms with Gasteiger partial charge in [-0.1, -0.05) is 243 Å². The van der Waals surface area contributed by atoms with Crippen molar-refractivity contribution < 1.29 is 0 Å². The molecule has 11 nitrogen and oxygen atoms in total. The lowest BCUT2D eigenvalue weighted by atomic mass is 9.91.